The number of hydrogen-bond donors (Lipinski definition) is 2. The Kier molecular flexibility index (Phi) is 6.14. The SMILES string of the molecule is O=[N+]([O-])c1ccccc1O[As](=O)(Oc1ccccc1[N+](=O)[O-])O[As](=O)(O)O. The molecule has 0 bridgehead atoms. The normalized spacial score (nSPS) is 11.6. The van der Waals surface area contributed by atoms with E-state index in [1.165, 1.54) is 24.3 Å². The maximum absolute atomic E-state index is 12.8. The van der Waals surface area contributed by atoms with Gasteiger partial charge in [0.25, 0.3) is 0 Å². The fourth-order valence-corrected chi connectivity index (χ4v) is 7.78. The van der Waals surface area contributed by atoms with Gasteiger partial charge in [0, 0.05) is 0 Å². The monoisotopic (exact) mass is 508 g/mol. The first-order valence-corrected chi connectivity index (χ1v) is 13.0. The molecule has 0 heterocycles. The van der Waals surface area contributed by atoms with Crippen molar-refractivity contribution in [2.24, 2.45) is 0 Å². The summed E-state index contributed by atoms with van der Waals surface area (Å²) in [7, 11) is 0. The van der Waals surface area contributed by atoms with Gasteiger partial charge in [-0.2, -0.15) is 0 Å². The van der Waals surface area contributed by atoms with Crippen LogP contribution in [0.1, 0.15) is 0 Å². The number of hydrogen-bond acceptors (Lipinski definition) is 9. The van der Waals surface area contributed by atoms with Gasteiger partial charge in [-0.25, -0.2) is 0 Å². The van der Waals surface area contributed by atoms with E-state index < -0.39 is 61.7 Å². The molecule has 0 saturated carbocycles. The molecule has 0 aromatic heterocycles. The minimum atomic E-state index is -6.12. The van der Waals surface area contributed by atoms with Gasteiger partial charge in [0.1, 0.15) is 0 Å². The molecule has 0 aliphatic carbocycles. The van der Waals surface area contributed by atoms with Crippen LogP contribution in [0.5, 0.6) is 11.5 Å². The third-order valence-electron chi connectivity index (χ3n) is 2.75. The van der Waals surface area contributed by atoms with Crippen LogP contribution in [0.4, 0.5) is 11.4 Å². The summed E-state index contributed by atoms with van der Waals surface area (Å²) in [6.45, 7) is 0. The van der Waals surface area contributed by atoms with Crippen LogP contribution in [0.2, 0.25) is 0 Å². The summed E-state index contributed by atoms with van der Waals surface area (Å²) < 4.78 is 55.9. The number of nitrogens with zero attached hydrogens (tertiary/aromatic N) is 2. The van der Waals surface area contributed by atoms with Crippen molar-refractivity contribution in [3.8, 4) is 11.5 Å². The summed E-state index contributed by atoms with van der Waals surface area (Å²) in [5.41, 5.74) is -1.38. The summed E-state index contributed by atoms with van der Waals surface area (Å²) in [5, 5.41) is 22.0. The zero-order chi connectivity index (χ0) is 20.2. The maximum atomic E-state index is 12.8. The van der Waals surface area contributed by atoms with Gasteiger partial charge in [-0.3, -0.25) is 0 Å². The predicted molar refractivity (Wildman–Crippen MR) is 85.9 cm³/mol. The number of para-hydroxylation sites is 4. The first-order valence-electron chi connectivity index (χ1n) is 6.74. The van der Waals surface area contributed by atoms with Crippen molar-refractivity contribution < 1.29 is 35.7 Å². The Balaban J connectivity index is 2.49. The molecule has 15 heteroatoms. The zero-order valence-corrected chi connectivity index (χ0v) is 16.7. The van der Waals surface area contributed by atoms with Crippen LogP contribution in [0, 0.1) is 20.2 Å². The van der Waals surface area contributed by atoms with Crippen LogP contribution >= 0.6 is 0 Å². The Bertz CT molecular complexity index is 910. The molecule has 0 aliphatic rings. The Hall–Kier alpha value is -2.56. The molecule has 2 N–H and O–H groups in total. The molecule has 2 aromatic rings. The Morgan fingerprint density at radius 2 is 1.15 bits per heavy atom. The van der Waals surface area contributed by atoms with E-state index in [2.05, 4.69) is 2.72 Å². The Labute approximate surface area is 156 Å². The van der Waals surface area contributed by atoms with Gasteiger partial charge in [-0.05, 0) is 0 Å². The van der Waals surface area contributed by atoms with Crippen molar-refractivity contribution in [2.75, 3.05) is 0 Å². The van der Waals surface area contributed by atoms with Gasteiger partial charge in [0.15, 0.2) is 0 Å². The average Bonchev–Trinajstić information content (AvgIpc) is 2.53. The molecular weight excluding hydrogens is 498 g/mol. The minimum absolute atomic E-state index is 0.660. The van der Waals surface area contributed by atoms with Gasteiger partial charge >= 0.3 is 156 Å². The first kappa shape index (κ1) is 20.7. The van der Waals surface area contributed by atoms with Crippen LogP contribution < -0.4 is 7.45 Å². The third-order valence-corrected chi connectivity index (χ3v) is 9.88. The number of nitro groups is 2. The van der Waals surface area contributed by atoms with Crippen molar-refractivity contribution in [3.05, 3.63) is 68.8 Å². The molecule has 0 radical (unpaired) electrons. The van der Waals surface area contributed by atoms with Crippen LogP contribution in [0.15, 0.2) is 48.5 Å². The van der Waals surface area contributed by atoms with Crippen LogP contribution in [0.3, 0.4) is 0 Å². The molecule has 2 aromatic carbocycles. The second kappa shape index (κ2) is 7.99. The van der Waals surface area contributed by atoms with Gasteiger partial charge in [-0.15, -0.1) is 0 Å². The molecule has 13 nitrogen and oxygen atoms in total. The first-order chi connectivity index (χ1) is 12.5. The van der Waals surface area contributed by atoms with E-state index in [0.29, 0.717) is 0 Å². The molecule has 27 heavy (non-hydrogen) atoms. The van der Waals surface area contributed by atoms with E-state index >= 15 is 0 Å². The van der Waals surface area contributed by atoms with Gasteiger partial charge in [-0.1, -0.05) is 0 Å². The molecule has 0 fully saturated rings. The predicted octanol–water partition coefficient (Wildman–Crippen LogP) is 0.694. The number of rotatable bonds is 8. The van der Waals surface area contributed by atoms with Crippen LogP contribution in [-0.4, -0.2) is 47.1 Å². The van der Waals surface area contributed by atoms with Crippen molar-refractivity contribution in [1.82, 2.24) is 0 Å². The van der Waals surface area contributed by atoms with E-state index in [1.807, 2.05) is 0 Å². The average molecular weight is 508 g/mol. The molecule has 0 aliphatic heterocycles. The van der Waals surface area contributed by atoms with E-state index in [9.17, 15) is 27.7 Å². The molecule has 2 rings (SSSR count). The van der Waals surface area contributed by atoms with Crippen molar-refractivity contribution in [3.63, 3.8) is 0 Å². The van der Waals surface area contributed by atoms with Crippen LogP contribution in [0.25, 0.3) is 0 Å². The summed E-state index contributed by atoms with van der Waals surface area (Å²) in [4.78, 5) is 20.2. The van der Waals surface area contributed by atoms with E-state index in [1.54, 1.807) is 0 Å². The molecule has 0 amide bonds. The standard InChI is InChI=1S/C12H10As2N2O11/c17-13(18,19)27-14(20,25-11-7-3-1-5-9(11)15(21)22)26-12-8-4-2-6-10(12)16(23)24/h1-8H,(H2,17,18,19). The Morgan fingerprint density at radius 3 is 1.48 bits per heavy atom. The zero-order valence-electron chi connectivity index (χ0n) is 13.0. The molecule has 0 atom stereocenters. The van der Waals surface area contributed by atoms with E-state index in [-0.39, 0.29) is 0 Å². The molecule has 0 unspecified atom stereocenters. The van der Waals surface area contributed by atoms with E-state index in [4.69, 9.17) is 15.6 Å². The summed E-state index contributed by atoms with van der Waals surface area (Å²) in [5.74, 6) is -1.32. The van der Waals surface area contributed by atoms with E-state index in [0.717, 1.165) is 24.3 Å². The molecule has 0 saturated heterocycles. The van der Waals surface area contributed by atoms with Crippen molar-refractivity contribution in [2.45, 2.75) is 0 Å². The summed E-state index contributed by atoms with van der Waals surface area (Å²) >= 11 is -12.2. The molecule has 0 spiro atoms. The Morgan fingerprint density at radius 1 is 0.778 bits per heavy atom. The number of nitro benzene ring substituents is 2. The quantitative estimate of drug-likeness (QED) is 0.290. The topological polar surface area (TPSA) is 189 Å². The van der Waals surface area contributed by atoms with Crippen molar-refractivity contribution in [1.29, 1.82) is 0 Å². The number of benzene rings is 2. The van der Waals surface area contributed by atoms with Crippen molar-refractivity contribution >= 4 is 40.4 Å². The van der Waals surface area contributed by atoms with Gasteiger partial charge in [0.2, 0.25) is 0 Å². The fourth-order valence-electron chi connectivity index (χ4n) is 1.79. The third kappa shape index (κ3) is 5.71. The molecular formula is C12H10As2N2O11. The fraction of sp³-hybridized carbons (Fsp3) is 0. The summed E-state index contributed by atoms with van der Waals surface area (Å²) in [6, 6.07) is 8.98. The summed E-state index contributed by atoms with van der Waals surface area (Å²) in [6.07, 6.45) is 0. The van der Waals surface area contributed by atoms with Gasteiger partial charge in [0.05, 0.1) is 0 Å². The molecule has 144 valence electrons. The van der Waals surface area contributed by atoms with Gasteiger partial charge < -0.3 is 0 Å². The second-order valence-corrected chi connectivity index (χ2v) is 11.5. The van der Waals surface area contributed by atoms with Crippen LogP contribution in [-0.2, 0) is 10.2 Å². The second-order valence-electron chi connectivity index (χ2n) is 4.65.